The van der Waals surface area contributed by atoms with Gasteiger partial charge in [0.15, 0.2) is 0 Å². The van der Waals surface area contributed by atoms with Crippen LogP contribution < -0.4 is 10.2 Å². The van der Waals surface area contributed by atoms with Gasteiger partial charge in [0, 0.05) is 18.8 Å². The molecular formula is C17H26N2O2. The Hall–Kier alpha value is -1.55. The average Bonchev–Trinajstić information content (AvgIpc) is 2.47. The second-order valence-corrected chi connectivity index (χ2v) is 5.54. The first-order valence-corrected chi connectivity index (χ1v) is 7.90. The Morgan fingerprint density at radius 2 is 2.24 bits per heavy atom. The standard InChI is InChI=1S/C17H26N2O2/c1-4-18-15(17(20)21-5-2)12-19-10-6-7-14-11-13(3)8-9-16(14)19/h8-9,11,15,18H,4-7,10,12H2,1-3H3. The zero-order chi connectivity index (χ0) is 15.2. The number of likely N-dealkylation sites (N-methyl/N-ethyl adjacent to an activating group) is 1. The molecule has 0 saturated carbocycles. The number of carbonyl (C=O) groups is 1. The molecule has 1 aliphatic rings. The van der Waals surface area contributed by atoms with E-state index in [9.17, 15) is 4.79 Å². The van der Waals surface area contributed by atoms with E-state index in [1.54, 1.807) is 0 Å². The molecule has 1 atom stereocenters. The highest BCUT2D eigenvalue weighted by Gasteiger charge is 2.25. The quantitative estimate of drug-likeness (QED) is 0.816. The molecule has 0 amide bonds. The second-order valence-electron chi connectivity index (χ2n) is 5.54. The summed E-state index contributed by atoms with van der Waals surface area (Å²) < 4.78 is 5.18. The predicted molar refractivity (Wildman–Crippen MR) is 85.8 cm³/mol. The molecule has 1 heterocycles. The van der Waals surface area contributed by atoms with Crippen LogP contribution in [0.5, 0.6) is 0 Å². The van der Waals surface area contributed by atoms with Gasteiger partial charge in [-0.3, -0.25) is 4.79 Å². The number of benzene rings is 1. The average molecular weight is 290 g/mol. The lowest BCUT2D eigenvalue weighted by Crippen LogP contribution is -2.48. The Morgan fingerprint density at radius 1 is 1.43 bits per heavy atom. The highest BCUT2D eigenvalue weighted by Crippen LogP contribution is 2.28. The van der Waals surface area contributed by atoms with Crippen LogP contribution >= 0.6 is 0 Å². The number of rotatable bonds is 6. The van der Waals surface area contributed by atoms with Crippen LogP contribution in [0.1, 0.15) is 31.4 Å². The van der Waals surface area contributed by atoms with Crippen molar-refractivity contribution in [2.24, 2.45) is 0 Å². The van der Waals surface area contributed by atoms with Gasteiger partial charge in [-0.15, -0.1) is 0 Å². The summed E-state index contributed by atoms with van der Waals surface area (Å²) in [6.45, 7) is 8.84. The Bertz CT molecular complexity index is 488. The molecule has 0 aromatic heterocycles. The molecule has 0 bridgehead atoms. The van der Waals surface area contributed by atoms with E-state index < -0.39 is 0 Å². The minimum Gasteiger partial charge on any atom is -0.465 e. The minimum atomic E-state index is -0.262. The topological polar surface area (TPSA) is 41.6 Å². The number of fused-ring (bicyclic) bond motifs is 1. The van der Waals surface area contributed by atoms with Gasteiger partial charge in [0.1, 0.15) is 6.04 Å². The maximum absolute atomic E-state index is 12.1. The van der Waals surface area contributed by atoms with Crippen molar-refractivity contribution in [3.05, 3.63) is 29.3 Å². The molecule has 1 aliphatic heterocycles. The zero-order valence-electron chi connectivity index (χ0n) is 13.3. The van der Waals surface area contributed by atoms with Gasteiger partial charge in [-0.2, -0.15) is 0 Å². The SMILES string of the molecule is CCNC(CN1CCCc2cc(C)ccc21)C(=O)OCC. The van der Waals surface area contributed by atoms with Crippen LogP contribution in [0.2, 0.25) is 0 Å². The Balaban J connectivity index is 2.13. The van der Waals surface area contributed by atoms with Crippen molar-refractivity contribution in [2.75, 3.05) is 31.1 Å². The second kappa shape index (κ2) is 7.46. The van der Waals surface area contributed by atoms with Gasteiger partial charge < -0.3 is 15.0 Å². The molecule has 1 aromatic rings. The van der Waals surface area contributed by atoms with Crippen molar-refractivity contribution in [3.63, 3.8) is 0 Å². The van der Waals surface area contributed by atoms with Gasteiger partial charge >= 0.3 is 5.97 Å². The molecule has 0 aliphatic carbocycles. The lowest BCUT2D eigenvalue weighted by atomic mass is 9.99. The van der Waals surface area contributed by atoms with Crippen molar-refractivity contribution in [3.8, 4) is 0 Å². The van der Waals surface area contributed by atoms with Crippen molar-refractivity contribution in [1.82, 2.24) is 5.32 Å². The maximum Gasteiger partial charge on any atom is 0.324 e. The number of anilines is 1. The summed E-state index contributed by atoms with van der Waals surface area (Å²) in [5.74, 6) is -0.154. The molecule has 0 fully saturated rings. The number of aryl methyl sites for hydroxylation is 2. The largest absolute Gasteiger partial charge is 0.465 e. The molecule has 0 spiro atoms. The van der Waals surface area contributed by atoms with E-state index in [1.165, 1.54) is 16.8 Å². The molecule has 116 valence electrons. The summed E-state index contributed by atoms with van der Waals surface area (Å²) in [6, 6.07) is 6.32. The van der Waals surface area contributed by atoms with E-state index in [-0.39, 0.29) is 12.0 Å². The third kappa shape index (κ3) is 3.97. The Labute approximate surface area is 127 Å². The van der Waals surface area contributed by atoms with Crippen LogP contribution in [-0.4, -0.2) is 38.3 Å². The van der Waals surface area contributed by atoms with Crippen LogP contribution in [0.15, 0.2) is 18.2 Å². The number of nitrogens with zero attached hydrogens (tertiary/aromatic N) is 1. The number of hydrogen-bond acceptors (Lipinski definition) is 4. The van der Waals surface area contributed by atoms with Crippen LogP contribution in [0.3, 0.4) is 0 Å². The maximum atomic E-state index is 12.1. The van der Waals surface area contributed by atoms with E-state index in [0.29, 0.717) is 13.2 Å². The van der Waals surface area contributed by atoms with E-state index in [0.717, 1.165) is 25.9 Å². The fraction of sp³-hybridized carbons (Fsp3) is 0.588. The molecular weight excluding hydrogens is 264 g/mol. The lowest BCUT2D eigenvalue weighted by Gasteiger charge is -2.34. The van der Waals surface area contributed by atoms with Gasteiger partial charge in [0.05, 0.1) is 6.61 Å². The van der Waals surface area contributed by atoms with Gasteiger partial charge in [-0.1, -0.05) is 24.6 Å². The Morgan fingerprint density at radius 3 is 2.95 bits per heavy atom. The third-order valence-corrected chi connectivity index (χ3v) is 3.87. The molecule has 2 rings (SSSR count). The van der Waals surface area contributed by atoms with Gasteiger partial charge in [0.25, 0.3) is 0 Å². The van der Waals surface area contributed by atoms with Crippen molar-refractivity contribution >= 4 is 11.7 Å². The molecule has 0 saturated heterocycles. The monoisotopic (exact) mass is 290 g/mol. The number of ether oxygens (including phenoxy) is 1. The van der Waals surface area contributed by atoms with Gasteiger partial charge in [0.2, 0.25) is 0 Å². The molecule has 1 N–H and O–H groups in total. The van der Waals surface area contributed by atoms with Crippen molar-refractivity contribution < 1.29 is 9.53 Å². The molecule has 4 nitrogen and oxygen atoms in total. The van der Waals surface area contributed by atoms with E-state index in [1.807, 2.05) is 13.8 Å². The third-order valence-electron chi connectivity index (χ3n) is 3.87. The van der Waals surface area contributed by atoms with E-state index in [2.05, 4.69) is 35.3 Å². The fourth-order valence-electron chi connectivity index (χ4n) is 2.93. The van der Waals surface area contributed by atoms with Crippen molar-refractivity contribution in [1.29, 1.82) is 0 Å². The van der Waals surface area contributed by atoms with E-state index in [4.69, 9.17) is 4.74 Å². The molecule has 21 heavy (non-hydrogen) atoms. The summed E-state index contributed by atoms with van der Waals surface area (Å²) in [7, 11) is 0. The first-order valence-electron chi connectivity index (χ1n) is 7.90. The van der Waals surface area contributed by atoms with Gasteiger partial charge in [-0.25, -0.2) is 0 Å². The summed E-state index contributed by atoms with van der Waals surface area (Å²) in [5.41, 5.74) is 3.95. The lowest BCUT2D eigenvalue weighted by molar-refractivity contribution is -0.145. The van der Waals surface area contributed by atoms with Crippen LogP contribution in [-0.2, 0) is 16.0 Å². The van der Waals surface area contributed by atoms with Crippen LogP contribution in [0.4, 0.5) is 5.69 Å². The molecule has 4 heteroatoms. The number of carbonyl (C=O) groups excluding carboxylic acids is 1. The molecule has 0 radical (unpaired) electrons. The normalized spacial score (nSPS) is 15.5. The number of hydrogen-bond donors (Lipinski definition) is 1. The summed E-state index contributed by atoms with van der Waals surface area (Å²) in [4.78, 5) is 14.4. The summed E-state index contributed by atoms with van der Waals surface area (Å²) >= 11 is 0. The summed E-state index contributed by atoms with van der Waals surface area (Å²) in [6.07, 6.45) is 2.26. The number of nitrogens with one attached hydrogen (secondary N) is 1. The number of esters is 1. The summed E-state index contributed by atoms with van der Waals surface area (Å²) in [5, 5.41) is 3.24. The Kier molecular flexibility index (Phi) is 5.62. The fourth-order valence-corrected chi connectivity index (χ4v) is 2.93. The highest BCUT2D eigenvalue weighted by molar-refractivity contribution is 5.77. The van der Waals surface area contributed by atoms with E-state index >= 15 is 0 Å². The molecule has 1 unspecified atom stereocenters. The predicted octanol–water partition coefficient (Wildman–Crippen LogP) is 2.29. The molecule has 1 aromatic carbocycles. The van der Waals surface area contributed by atoms with Crippen LogP contribution in [0, 0.1) is 6.92 Å². The van der Waals surface area contributed by atoms with Crippen LogP contribution in [0.25, 0.3) is 0 Å². The minimum absolute atomic E-state index is 0.154. The zero-order valence-corrected chi connectivity index (χ0v) is 13.3. The van der Waals surface area contributed by atoms with Gasteiger partial charge in [-0.05, 0) is 44.9 Å². The highest BCUT2D eigenvalue weighted by atomic mass is 16.5. The smallest absolute Gasteiger partial charge is 0.324 e. The van der Waals surface area contributed by atoms with Crippen molar-refractivity contribution in [2.45, 2.75) is 39.7 Å². The first kappa shape index (κ1) is 15.8. The first-order chi connectivity index (χ1) is 10.2.